The largest absolute Gasteiger partial charge is 0.508 e. The molecule has 13 heteroatoms. The summed E-state index contributed by atoms with van der Waals surface area (Å²) in [6, 6.07) is 2.18. The molecule has 7 N–H and O–H groups in total. The molecule has 0 radical (unpaired) electrons. The number of nitrogens with one attached hydrogen (secondary N) is 1. The number of primary amides is 1. The maximum atomic E-state index is 14.0. The number of Topliss-reactive ketones (excluding diaryl/α,β-unsaturated/α-hetero) is 2. The van der Waals surface area contributed by atoms with Gasteiger partial charge in [-0.05, 0) is 44.5 Å². The number of aliphatic hydroxyl groups excluding tert-OH is 2. The number of rotatable bonds is 6. The van der Waals surface area contributed by atoms with Gasteiger partial charge in [0.2, 0.25) is 5.78 Å². The van der Waals surface area contributed by atoms with Crippen molar-refractivity contribution in [3.05, 3.63) is 52.1 Å². The number of amides is 1. The minimum atomic E-state index is -2.70. The van der Waals surface area contributed by atoms with Crippen LogP contribution in [-0.4, -0.2) is 92.8 Å². The van der Waals surface area contributed by atoms with Crippen molar-refractivity contribution < 1.29 is 39.5 Å². The third kappa shape index (κ3) is 3.76. The van der Waals surface area contributed by atoms with E-state index in [-0.39, 0.29) is 36.3 Å². The fourth-order valence-corrected chi connectivity index (χ4v) is 6.30. The second kappa shape index (κ2) is 9.38. The number of hydrogen-bond acceptors (Lipinski definition) is 11. The number of fused-ring (bicyclic) bond motifs is 3. The number of aromatic nitrogens is 2. The Morgan fingerprint density at radius 1 is 1.23 bits per heavy atom. The fraction of sp³-hybridized carbons (Fsp3) is 0.407. The van der Waals surface area contributed by atoms with Gasteiger partial charge >= 0.3 is 0 Å². The van der Waals surface area contributed by atoms with E-state index < -0.39 is 63.8 Å². The SMILES string of the molecule is CN(C)c1cc(OCc2ccn[nH]2)c(O)c2c1C[C@H]1C[C@H]3[C@H](N(C)C)C(=O)C(C(N)=O)=C(O)[C@@]3(O)C(=O)C1=C2O. The molecule has 1 saturated carbocycles. The van der Waals surface area contributed by atoms with Gasteiger partial charge in [0.15, 0.2) is 22.9 Å². The molecule has 0 aliphatic heterocycles. The summed E-state index contributed by atoms with van der Waals surface area (Å²) in [5, 5.41) is 52.1. The molecule has 4 atom stereocenters. The Bertz CT molecular complexity index is 1490. The van der Waals surface area contributed by atoms with Gasteiger partial charge in [0.25, 0.3) is 5.91 Å². The first-order valence-corrected chi connectivity index (χ1v) is 12.6. The maximum Gasteiger partial charge on any atom is 0.255 e. The van der Waals surface area contributed by atoms with Gasteiger partial charge in [0.05, 0.1) is 17.3 Å². The maximum absolute atomic E-state index is 14.0. The minimum absolute atomic E-state index is 0.0114. The van der Waals surface area contributed by atoms with E-state index in [2.05, 4.69) is 10.2 Å². The van der Waals surface area contributed by atoms with E-state index in [0.29, 0.717) is 16.9 Å². The lowest BCUT2D eigenvalue weighted by Crippen LogP contribution is -2.65. The monoisotopic (exact) mass is 553 g/mol. The van der Waals surface area contributed by atoms with Gasteiger partial charge in [0, 0.05) is 43.5 Å². The van der Waals surface area contributed by atoms with Gasteiger partial charge in [-0.2, -0.15) is 5.10 Å². The molecule has 212 valence electrons. The number of ether oxygens (including phenoxy) is 1. The highest BCUT2D eigenvalue weighted by molar-refractivity contribution is 6.24. The molecule has 3 aliphatic rings. The average Bonchev–Trinajstić information content (AvgIpc) is 3.39. The van der Waals surface area contributed by atoms with E-state index in [9.17, 15) is 34.8 Å². The van der Waals surface area contributed by atoms with Crippen molar-refractivity contribution in [1.29, 1.82) is 0 Å². The molecule has 3 aliphatic carbocycles. The first-order chi connectivity index (χ1) is 18.8. The Hall–Kier alpha value is -4.36. The highest BCUT2D eigenvalue weighted by atomic mass is 16.5. The smallest absolute Gasteiger partial charge is 0.255 e. The van der Waals surface area contributed by atoms with Gasteiger partial charge < -0.3 is 35.8 Å². The van der Waals surface area contributed by atoms with Crippen molar-refractivity contribution in [3.8, 4) is 11.5 Å². The van der Waals surface area contributed by atoms with Crippen LogP contribution in [0.5, 0.6) is 11.5 Å². The van der Waals surface area contributed by atoms with E-state index in [0.717, 1.165) is 0 Å². The Morgan fingerprint density at radius 2 is 1.93 bits per heavy atom. The van der Waals surface area contributed by atoms with Crippen LogP contribution in [-0.2, 0) is 27.4 Å². The summed E-state index contributed by atoms with van der Waals surface area (Å²) in [7, 11) is 6.67. The predicted octanol–water partition coefficient (Wildman–Crippen LogP) is 0.332. The molecule has 40 heavy (non-hydrogen) atoms. The van der Waals surface area contributed by atoms with E-state index in [1.165, 1.54) is 4.90 Å². The molecule has 0 spiro atoms. The van der Waals surface area contributed by atoms with Crippen LogP contribution in [0.3, 0.4) is 0 Å². The number of H-pyrrole nitrogens is 1. The third-order valence-corrected chi connectivity index (χ3v) is 8.09. The molecule has 1 aromatic carbocycles. The number of aliphatic hydroxyl groups is 3. The van der Waals surface area contributed by atoms with Gasteiger partial charge in [-0.1, -0.05) is 0 Å². The second-order valence-corrected chi connectivity index (χ2v) is 10.8. The topological polar surface area (TPSA) is 203 Å². The first kappa shape index (κ1) is 27.2. The van der Waals surface area contributed by atoms with Crippen LogP contribution in [0.4, 0.5) is 5.69 Å². The van der Waals surface area contributed by atoms with Crippen LogP contribution in [0, 0.1) is 11.8 Å². The highest BCUT2D eigenvalue weighted by Crippen LogP contribution is 2.55. The van der Waals surface area contributed by atoms with Gasteiger partial charge in [0.1, 0.15) is 23.7 Å². The molecule has 13 nitrogen and oxygen atoms in total. The number of nitrogens with zero attached hydrogens (tertiary/aromatic N) is 3. The van der Waals surface area contributed by atoms with Crippen LogP contribution in [0.15, 0.2) is 35.2 Å². The lowest BCUT2D eigenvalue weighted by Gasteiger charge is -2.50. The van der Waals surface area contributed by atoms with Crippen molar-refractivity contribution in [2.24, 2.45) is 17.6 Å². The van der Waals surface area contributed by atoms with Gasteiger partial charge in [-0.25, -0.2) is 0 Å². The average molecular weight is 554 g/mol. The second-order valence-electron chi connectivity index (χ2n) is 10.8. The number of aromatic amines is 1. The molecule has 1 heterocycles. The zero-order chi connectivity index (χ0) is 29.3. The van der Waals surface area contributed by atoms with Crippen molar-refractivity contribution in [2.75, 3.05) is 33.1 Å². The summed E-state index contributed by atoms with van der Waals surface area (Å²) >= 11 is 0. The third-order valence-electron chi connectivity index (χ3n) is 8.09. The van der Waals surface area contributed by atoms with E-state index >= 15 is 0 Å². The highest BCUT2D eigenvalue weighted by Gasteiger charge is 2.64. The number of phenols is 1. The van der Waals surface area contributed by atoms with Crippen LogP contribution in [0.25, 0.3) is 5.76 Å². The summed E-state index contributed by atoms with van der Waals surface area (Å²) in [5.74, 6) is -7.03. The van der Waals surface area contributed by atoms with Crippen LogP contribution < -0.4 is 15.4 Å². The Labute approximate surface area is 229 Å². The summed E-state index contributed by atoms with van der Waals surface area (Å²) in [5.41, 5.74) is 3.35. The number of hydrogen-bond donors (Lipinski definition) is 6. The number of anilines is 1. The van der Waals surface area contributed by atoms with Crippen LogP contribution in [0.2, 0.25) is 0 Å². The zero-order valence-corrected chi connectivity index (χ0v) is 22.4. The molecular weight excluding hydrogens is 522 g/mol. The van der Waals surface area contributed by atoms with Crippen molar-refractivity contribution in [2.45, 2.75) is 31.1 Å². The molecule has 1 amide bonds. The molecule has 2 aromatic rings. The molecule has 0 saturated heterocycles. The van der Waals surface area contributed by atoms with E-state index in [1.54, 1.807) is 51.4 Å². The summed E-state index contributed by atoms with van der Waals surface area (Å²) in [4.78, 5) is 42.6. The van der Waals surface area contributed by atoms with Crippen LogP contribution >= 0.6 is 0 Å². The van der Waals surface area contributed by atoms with Crippen molar-refractivity contribution in [3.63, 3.8) is 0 Å². The molecule has 5 rings (SSSR count). The quantitative estimate of drug-likeness (QED) is 0.269. The summed E-state index contributed by atoms with van der Waals surface area (Å²) in [6.07, 6.45) is 1.74. The normalized spacial score (nSPS) is 26.0. The minimum Gasteiger partial charge on any atom is -0.508 e. The number of phenolic OH excluding ortho intramolecular Hbond substituents is 1. The van der Waals surface area contributed by atoms with E-state index in [4.69, 9.17) is 10.5 Å². The fourth-order valence-electron chi connectivity index (χ4n) is 6.30. The Kier molecular flexibility index (Phi) is 6.38. The number of likely N-dealkylation sites (N-methyl/N-ethyl adjacent to an activating group) is 1. The lowest BCUT2D eigenvalue weighted by molar-refractivity contribution is -0.153. The molecule has 1 aromatic heterocycles. The number of carbonyl (C=O) groups is 3. The van der Waals surface area contributed by atoms with Gasteiger partial charge in [-0.3, -0.25) is 24.4 Å². The zero-order valence-electron chi connectivity index (χ0n) is 22.4. The molecule has 0 unspecified atom stereocenters. The standard InChI is InChI=1S/C27H31N5O8/c1-31(2)15-9-16(40-10-12-5-6-29-30-12)21(33)18-13(15)7-11-8-14-20(32(3)4)23(35)19(26(28)38)25(37)27(14,39)24(36)17(11)22(18)34/h5-6,9,11,14,20,33-34,37,39H,7-8,10H2,1-4H3,(H2,28,38)(H,29,30)/t11-,14-,20-,27-/m0/s1. The number of benzene rings is 1. The first-order valence-electron chi connectivity index (χ1n) is 12.6. The Morgan fingerprint density at radius 3 is 2.50 bits per heavy atom. The molecule has 0 bridgehead atoms. The van der Waals surface area contributed by atoms with Gasteiger partial charge in [-0.15, -0.1) is 0 Å². The van der Waals surface area contributed by atoms with Crippen LogP contribution in [0.1, 0.15) is 23.2 Å². The molecular formula is C27H31N5O8. The Balaban J connectivity index is 1.69. The number of ketones is 2. The van der Waals surface area contributed by atoms with E-state index in [1.807, 2.05) is 0 Å². The van der Waals surface area contributed by atoms with Crippen molar-refractivity contribution in [1.82, 2.24) is 15.1 Å². The number of aromatic hydroxyl groups is 1. The van der Waals surface area contributed by atoms with Crippen molar-refractivity contribution >= 4 is 28.9 Å². The number of nitrogens with two attached hydrogens (primary N) is 1. The predicted molar refractivity (Wildman–Crippen MR) is 141 cm³/mol. The summed E-state index contributed by atoms with van der Waals surface area (Å²) in [6.45, 7) is 0.0358. The molecule has 1 fully saturated rings. The summed E-state index contributed by atoms with van der Waals surface area (Å²) < 4.78 is 5.81. The number of carbonyl (C=O) groups excluding carboxylic acids is 3. The lowest BCUT2D eigenvalue weighted by atomic mass is 9.57.